The Morgan fingerprint density at radius 2 is 1.91 bits per heavy atom. The molecule has 0 aromatic heterocycles. The van der Waals surface area contributed by atoms with E-state index in [1.165, 1.54) is 0 Å². The van der Waals surface area contributed by atoms with E-state index in [-0.39, 0.29) is 34.7 Å². The number of carbonyl (C=O) groups excluding carboxylic acids is 1. The molecule has 1 saturated carbocycles. The maximum atomic E-state index is 12.7. The molecule has 3 heteroatoms. The Bertz CT molecular complexity index is 628. The van der Waals surface area contributed by atoms with E-state index in [9.17, 15) is 15.0 Å². The molecule has 1 aromatic rings. The molecular formula is C19H26O3. The fourth-order valence-corrected chi connectivity index (χ4v) is 4.66. The first-order chi connectivity index (χ1) is 10.2. The lowest BCUT2D eigenvalue weighted by Gasteiger charge is -2.46. The first-order valence-electron chi connectivity index (χ1n) is 8.34. The number of aromatic hydroxyl groups is 2. The van der Waals surface area contributed by atoms with Gasteiger partial charge in [-0.3, -0.25) is 4.79 Å². The van der Waals surface area contributed by atoms with Crippen LogP contribution in [0.25, 0.3) is 0 Å². The minimum atomic E-state index is -0.0380. The van der Waals surface area contributed by atoms with Crippen molar-refractivity contribution >= 4 is 5.78 Å². The van der Waals surface area contributed by atoms with Crippen molar-refractivity contribution in [1.82, 2.24) is 0 Å². The van der Waals surface area contributed by atoms with Crippen molar-refractivity contribution in [3.8, 4) is 11.5 Å². The van der Waals surface area contributed by atoms with Gasteiger partial charge >= 0.3 is 0 Å². The molecule has 0 saturated heterocycles. The Labute approximate surface area is 132 Å². The van der Waals surface area contributed by atoms with Crippen LogP contribution in [-0.2, 0) is 11.2 Å². The highest BCUT2D eigenvalue weighted by molar-refractivity contribution is 5.88. The summed E-state index contributed by atoms with van der Waals surface area (Å²) in [4.78, 5) is 12.7. The molecule has 3 nitrogen and oxygen atoms in total. The van der Waals surface area contributed by atoms with E-state index in [4.69, 9.17) is 0 Å². The van der Waals surface area contributed by atoms with Crippen LogP contribution in [-0.4, -0.2) is 16.0 Å². The van der Waals surface area contributed by atoms with E-state index in [0.29, 0.717) is 12.2 Å². The Kier molecular flexibility index (Phi) is 3.50. The van der Waals surface area contributed by atoms with E-state index >= 15 is 0 Å². The van der Waals surface area contributed by atoms with Crippen LogP contribution in [0.3, 0.4) is 0 Å². The van der Waals surface area contributed by atoms with Crippen LogP contribution < -0.4 is 0 Å². The van der Waals surface area contributed by atoms with Gasteiger partial charge in [-0.05, 0) is 35.7 Å². The van der Waals surface area contributed by atoms with Crippen molar-refractivity contribution in [3.05, 3.63) is 22.8 Å². The van der Waals surface area contributed by atoms with E-state index in [0.717, 1.165) is 36.0 Å². The zero-order valence-corrected chi connectivity index (χ0v) is 13.9. The SMILES string of the molecule is CC(C)c1cc2c(c(O)c1O)C1CCCC(C)(C)C1C(=O)C2. The molecule has 0 heterocycles. The number of carbonyl (C=O) groups is 1. The lowest BCUT2D eigenvalue weighted by molar-refractivity contribution is -0.129. The van der Waals surface area contributed by atoms with E-state index in [1.807, 2.05) is 19.9 Å². The third-order valence-corrected chi connectivity index (χ3v) is 5.71. The second-order valence-electron chi connectivity index (χ2n) is 8.00. The minimum absolute atomic E-state index is 0.00484. The third-order valence-electron chi connectivity index (χ3n) is 5.71. The van der Waals surface area contributed by atoms with Gasteiger partial charge in [-0.2, -0.15) is 0 Å². The van der Waals surface area contributed by atoms with Crippen molar-refractivity contribution in [2.45, 2.75) is 65.2 Å². The van der Waals surface area contributed by atoms with E-state index in [2.05, 4.69) is 13.8 Å². The van der Waals surface area contributed by atoms with Crippen molar-refractivity contribution in [1.29, 1.82) is 0 Å². The molecule has 0 amide bonds. The number of fused-ring (bicyclic) bond motifs is 3. The predicted molar refractivity (Wildman–Crippen MR) is 86.4 cm³/mol. The largest absolute Gasteiger partial charge is 0.504 e. The summed E-state index contributed by atoms with van der Waals surface area (Å²) >= 11 is 0. The highest BCUT2D eigenvalue weighted by Gasteiger charge is 2.48. The van der Waals surface area contributed by atoms with Gasteiger partial charge in [0, 0.05) is 23.5 Å². The van der Waals surface area contributed by atoms with Crippen molar-refractivity contribution in [2.24, 2.45) is 11.3 Å². The number of phenolic OH excluding ortho intramolecular Hbond substituents is 2. The first-order valence-corrected chi connectivity index (χ1v) is 8.34. The molecule has 2 aliphatic rings. The van der Waals surface area contributed by atoms with E-state index < -0.39 is 0 Å². The maximum Gasteiger partial charge on any atom is 0.161 e. The Hall–Kier alpha value is -1.51. The number of benzene rings is 1. The van der Waals surface area contributed by atoms with E-state index in [1.54, 1.807) is 0 Å². The quantitative estimate of drug-likeness (QED) is 0.762. The Balaban J connectivity index is 2.18. The molecule has 2 unspecified atom stereocenters. The Morgan fingerprint density at radius 1 is 1.23 bits per heavy atom. The minimum Gasteiger partial charge on any atom is -0.504 e. The summed E-state index contributed by atoms with van der Waals surface area (Å²) in [5.41, 5.74) is 2.45. The number of hydrogen-bond acceptors (Lipinski definition) is 3. The summed E-state index contributed by atoms with van der Waals surface area (Å²) in [6.45, 7) is 8.29. The molecule has 120 valence electrons. The zero-order chi connectivity index (χ0) is 16.2. The third kappa shape index (κ3) is 2.13. The molecule has 0 aliphatic heterocycles. The molecule has 22 heavy (non-hydrogen) atoms. The van der Waals surface area contributed by atoms with Gasteiger partial charge in [0.25, 0.3) is 0 Å². The van der Waals surface area contributed by atoms with Gasteiger partial charge in [0.1, 0.15) is 5.78 Å². The molecule has 2 aliphatic carbocycles. The van der Waals surface area contributed by atoms with Crippen LogP contribution in [0.1, 0.15) is 75.5 Å². The van der Waals surface area contributed by atoms with Crippen molar-refractivity contribution in [2.75, 3.05) is 0 Å². The maximum absolute atomic E-state index is 12.7. The number of phenols is 2. The molecule has 1 aromatic carbocycles. The standard InChI is InChI=1S/C19H26O3/c1-10(2)13-8-11-9-14(20)16-12(6-5-7-19(16,3)4)15(11)18(22)17(13)21/h8,10,12,16,21-22H,5-7,9H2,1-4H3. The van der Waals surface area contributed by atoms with Gasteiger partial charge < -0.3 is 10.2 Å². The number of hydrogen-bond donors (Lipinski definition) is 2. The topological polar surface area (TPSA) is 57.5 Å². The van der Waals surface area contributed by atoms with Gasteiger partial charge in [-0.15, -0.1) is 0 Å². The van der Waals surface area contributed by atoms with Crippen molar-refractivity contribution in [3.63, 3.8) is 0 Å². The number of rotatable bonds is 1. The van der Waals surface area contributed by atoms with Crippen LogP contribution in [0.15, 0.2) is 6.07 Å². The monoisotopic (exact) mass is 302 g/mol. The molecule has 0 spiro atoms. The summed E-state index contributed by atoms with van der Waals surface area (Å²) in [5.74, 6) is 0.441. The highest BCUT2D eigenvalue weighted by Crippen LogP contribution is 2.56. The molecule has 2 atom stereocenters. The van der Waals surface area contributed by atoms with Crippen LogP contribution in [0, 0.1) is 11.3 Å². The van der Waals surface area contributed by atoms with Gasteiger partial charge in [0.05, 0.1) is 0 Å². The molecule has 0 bridgehead atoms. The molecule has 3 rings (SSSR count). The predicted octanol–water partition coefficient (Wildman–Crippen LogP) is 4.26. The van der Waals surface area contributed by atoms with Crippen molar-refractivity contribution < 1.29 is 15.0 Å². The average Bonchev–Trinajstić information content (AvgIpc) is 2.41. The van der Waals surface area contributed by atoms with Crippen LogP contribution in [0.5, 0.6) is 11.5 Å². The Morgan fingerprint density at radius 3 is 2.55 bits per heavy atom. The normalized spacial score (nSPS) is 26.7. The number of ketones is 1. The van der Waals surface area contributed by atoms with Crippen LogP contribution >= 0.6 is 0 Å². The summed E-state index contributed by atoms with van der Waals surface area (Å²) in [6, 6.07) is 1.94. The summed E-state index contributed by atoms with van der Waals surface area (Å²) in [5, 5.41) is 21.0. The fraction of sp³-hybridized carbons (Fsp3) is 0.632. The highest BCUT2D eigenvalue weighted by atomic mass is 16.3. The molecule has 1 fully saturated rings. The van der Waals surface area contributed by atoms with Gasteiger partial charge in [0.15, 0.2) is 11.5 Å². The lowest BCUT2D eigenvalue weighted by Crippen LogP contribution is -2.43. The second kappa shape index (κ2) is 5.00. The summed E-state index contributed by atoms with van der Waals surface area (Å²) < 4.78 is 0. The zero-order valence-electron chi connectivity index (χ0n) is 13.9. The summed E-state index contributed by atoms with van der Waals surface area (Å²) in [7, 11) is 0. The molecule has 2 N–H and O–H groups in total. The van der Waals surface area contributed by atoms with Crippen LogP contribution in [0.2, 0.25) is 0 Å². The van der Waals surface area contributed by atoms with Gasteiger partial charge in [-0.25, -0.2) is 0 Å². The number of Topliss-reactive ketones (excluding diaryl/α,β-unsaturated/α-hetero) is 1. The van der Waals surface area contributed by atoms with Gasteiger partial charge in [0.2, 0.25) is 0 Å². The van der Waals surface area contributed by atoms with Gasteiger partial charge in [-0.1, -0.05) is 40.2 Å². The summed E-state index contributed by atoms with van der Waals surface area (Å²) in [6.07, 6.45) is 3.41. The molecular weight excluding hydrogens is 276 g/mol. The van der Waals surface area contributed by atoms with Crippen LogP contribution in [0.4, 0.5) is 0 Å². The average molecular weight is 302 g/mol. The fourth-order valence-electron chi connectivity index (χ4n) is 4.66. The second-order valence-corrected chi connectivity index (χ2v) is 8.00. The first kappa shape index (κ1) is 15.4. The smallest absolute Gasteiger partial charge is 0.161 e. The lowest BCUT2D eigenvalue weighted by atomic mass is 9.57. The molecule has 0 radical (unpaired) electrons.